The van der Waals surface area contributed by atoms with Gasteiger partial charge in [0.15, 0.2) is 6.23 Å². The van der Waals surface area contributed by atoms with Gasteiger partial charge in [-0.25, -0.2) is 0 Å². The van der Waals surface area contributed by atoms with Gasteiger partial charge in [-0.15, -0.1) is 0 Å². The molecule has 0 bridgehead atoms. The molecule has 2 aromatic carbocycles. The number of ether oxygens (including phenoxy) is 2. The van der Waals surface area contributed by atoms with Gasteiger partial charge in [-0.05, 0) is 57.9 Å². The molecule has 0 radical (unpaired) electrons. The quantitative estimate of drug-likeness (QED) is 0.600. The molecule has 4 nitrogen and oxygen atoms in total. The van der Waals surface area contributed by atoms with Gasteiger partial charge in [0.25, 0.3) is 0 Å². The number of nitrogens with zero attached hydrogens (tertiary/aromatic N) is 2. The highest BCUT2D eigenvalue weighted by Crippen LogP contribution is 2.47. The molecule has 0 spiro atoms. The van der Waals surface area contributed by atoms with Crippen LogP contribution in [-0.4, -0.2) is 24.1 Å². The molecule has 2 aliphatic heterocycles. The van der Waals surface area contributed by atoms with Crippen molar-refractivity contribution in [2.24, 2.45) is 5.10 Å². The van der Waals surface area contributed by atoms with E-state index in [4.69, 9.17) is 14.6 Å². The van der Waals surface area contributed by atoms with Crippen molar-refractivity contribution in [2.45, 2.75) is 32.0 Å². The van der Waals surface area contributed by atoms with Crippen LogP contribution in [0.15, 0.2) is 50.4 Å². The van der Waals surface area contributed by atoms with E-state index in [1.54, 1.807) is 7.11 Å². The molecule has 4 rings (SSSR count). The van der Waals surface area contributed by atoms with Crippen LogP contribution in [0.25, 0.3) is 0 Å². The van der Waals surface area contributed by atoms with Gasteiger partial charge >= 0.3 is 0 Å². The van der Waals surface area contributed by atoms with Crippen molar-refractivity contribution in [3.8, 4) is 11.5 Å². The highest BCUT2D eigenvalue weighted by Gasteiger charge is 2.40. The molecule has 0 fully saturated rings. The Bertz CT molecular complexity index is 836. The van der Waals surface area contributed by atoms with Crippen molar-refractivity contribution in [3.63, 3.8) is 0 Å². The Morgan fingerprint density at radius 1 is 1.24 bits per heavy atom. The first-order chi connectivity index (χ1) is 12.1. The minimum Gasteiger partial charge on any atom is -0.497 e. The maximum Gasteiger partial charge on any atom is 0.187 e. The highest BCUT2D eigenvalue weighted by atomic mass is 79.9. The number of rotatable bonds is 3. The zero-order valence-corrected chi connectivity index (χ0v) is 17.2. The summed E-state index contributed by atoms with van der Waals surface area (Å²) in [7, 11) is 1.68. The van der Waals surface area contributed by atoms with Gasteiger partial charge in [-0.1, -0.05) is 22.9 Å². The third kappa shape index (κ3) is 2.95. The lowest BCUT2D eigenvalue weighted by atomic mass is 9.96. The zero-order valence-electron chi connectivity index (χ0n) is 14.0. The van der Waals surface area contributed by atoms with Gasteiger partial charge < -0.3 is 9.47 Å². The molecule has 2 aromatic rings. The van der Waals surface area contributed by atoms with Crippen molar-refractivity contribution < 1.29 is 9.47 Å². The fourth-order valence-corrected chi connectivity index (χ4v) is 4.77. The molecular formula is C19H18Br2N2O2. The first-order valence-corrected chi connectivity index (χ1v) is 9.85. The van der Waals surface area contributed by atoms with Gasteiger partial charge in [0.1, 0.15) is 11.5 Å². The minimum absolute atomic E-state index is 0.0503. The number of methoxy groups -OCH3 is 1. The fraction of sp³-hybridized carbons (Fsp3) is 0.316. The predicted octanol–water partition coefficient (Wildman–Crippen LogP) is 5.50. The van der Waals surface area contributed by atoms with Crippen molar-refractivity contribution in [1.29, 1.82) is 0 Å². The fourth-order valence-electron chi connectivity index (χ4n) is 3.42. The van der Waals surface area contributed by atoms with E-state index < -0.39 is 0 Å². The Morgan fingerprint density at radius 3 is 2.68 bits per heavy atom. The molecule has 130 valence electrons. The van der Waals surface area contributed by atoms with Crippen LogP contribution in [0.4, 0.5) is 0 Å². The maximum absolute atomic E-state index is 6.23. The van der Waals surface area contributed by atoms with Crippen LogP contribution >= 0.6 is 31.9 Å². The summed E-state index contributed by atoms with van der Waals surface area (Å²) in [5.74, 6) is 1.79. The molecule has 2 atom stereocenters. The SMILES string of the molecule is CC[C@H]1Oc2c(Br)cc(Br)cc2[C@@H]2CC(c3ccc(OC)cc3)=NN12. The Kier molecular flexibility index (Phi) is 4.50. The second-order valence-electron chi connectivity index (χ2n) is 6.16. The lowest BCUT2D eigenvalue weighted by Crippen LogP contribution is -2.39. The van der Waals surface area contributed by atoms with Crippen LogP contribution in [0.2, 0.25) is 0 Å². The van der Waals surface area contributed by atoms with E-state index in [0.29, 0.717) is 0 Å². The van der Waals surface area contributed by atoms with E-state index in [-0.39, 0.29) is 12.3 Å². The summed E-state index contributed by atoms with van der Waals surface area (Å²) in [6, 6.07) is 12.4. The molecule has 25 heavy (non-hydrogen) atoms. The van der Waals surface area contributed by atoms with Gasteiger partial charge in [-0.2, -0.15) is 5.10 Å². The van der Waals surface area contributed by atoms with E-state index in [2.05, 4.69) is 62.0 Å². The Hall–Kier alpha value is -1.53. The zero-order chi connectivity index (χ0) is 17.6. The first-order valence-electron chi connectivity index (χ1n) is 8.26. The van der Waals surface area contributed by atoms with E-state index in [9.17, 15) is 0 Å². The van der Waals surface area contributed by atoms with E-state index in [1.165, 1.54) is 5.56 Å². The van der Waals surface area contributed by atoms with E-state index >= 15 is 0 Å². The van der Waals surface area contributed by atoms with Crippen LogP contribution in [0.3, 0.4) is 0 Å². The Labute approximate surface area is 164 Å². The maximum atomic E-state index is 6.23. The topological polar surface area (TPSA) is 34.1 Å². The van der Waals surface area contributed by atoms with Crippen LogP contribution in [0, 0.1) is 0 Å². The van der Waals surface area contributed by atoms with Crippen LogP contribution in [0.1, 0.15) is 36.9 Å². The number of hydrazone groups is 1. The van der Waals surface area contributed by atoms with Gasteiger partial charge in [0.2, 0.25) is 0 Å². The summed E-state index contributed by atoms with van der Waals surface area (Å²) in [6.07, 6.45) is 1.69. The third-order valence-corrected chi connectivity index (χ3v) is 5.71. The number of halogens is 2. The second-order valence-corrected chi connectivity index (χ2v) is 7.93. The Morgan fingerprint density at radius 2 is 2.00 bits per heavy atom. The van der Waals surface area contributed by atoms with Crippen LogP contribution in [-0.2, 0) is 0 Å². The van der Waals surface area contributed by atoms with Gasteiger partial charge in [-0.3, -0.25) is 5.01 Å². The molecule has 0 saturated heterocycles. The average molecular weight is 466 g/mol. The number of benzene rings is 2. The van der Waals surface area contributed by atoms with E-state index in [0.717, 1.165) is 44.6 Å². The van der Waals surface area contributed by atoms with Crippen LogP contribution in [0.5, 0.6) is 11.5 Å². The molecule has 6 heteroatoms. The molecule has 0 amide bonds. The third-order valence-electron chi connectivity index (χ3n) is 4.66. The molecule has 0 N–H and O–H groups in total. The number of hydrogen-bond acceptors (Lipinski definition) is 4. The van der Waals surface area contributed by atoms with Gasteiger partial charge in [0.05, 0.1) is 23.3 Å². The first kappa shape index (κ1) is 16.9. The number of fused-ring (bicyclic) bond motifs is 3. The normalized spacial score (nSPS) is 21.3. The average Bonchev–Trinajstić information content (AvgIpc) is 3.07. The van der Waals surface area contributed by atoms with Gasteiger partial charge in [0, 0.05) is 22.9 Å². The lowest BCUT2D eigenvalue weighted by molar-refractivity contribution is -0.0195. The number of hydrogen-bond donors (Lipinski definition) is 0. The molecular weight excluding hydrogens is 448 g/mol. The highest BCUT2D eigenvalue weighted by molar-refractivity contribution is 9.11. The standard InChI is InChI=1S/C19H18Br2N2O2/c1-3-18-23-17(14-8-12(20)9-15(21)19(14)25-18)10-16(22-23)11-4-6-13(24-2)7-5-11/h4-9,17-18H,3,10H2,1-2H3/t17-,18+/m0/s1. The molecule has 0 unspecified atom stereocenters. The lowest BCUT2D eigenvalue weighted by Gasteiger charge is -2.38. The smallest absolute Gasteiger partial charge is 0.187 e. The van der Waals surface area contributed by atoms with Crippen LogP contribution < -0.4 is 9.47 Å². The van der Waals surface area contributed by atoms with Crippen molar-refractivity contribution in [2.75, 3.05) is 7.11 Å². The molecule has 2 heterocycles. The molecule has 2 aliphatic rings. The summed E-state index contributed by atoms with van der Waals surface area (Å²) in [4.78, 5) is 0. The van der Waals surface area contributed by atoms with Crippen molar-refractivity contribution >= 4 is 37.6 Å². The minimum atomic E-state index is -0.0503. The molecule has 0 aliphatic carbocycles. The summed E-state index contributed by atoms with van der Waals surface area (Å²) < 4.78 is 13.5. The second kappa shape index (κ2) is 6.65. The monoisotopic (exact) mass is 464 g/mol. The molecule has 0 saturated carbocycles. The predicted molar refractivity (Wildman–Crippen MR) is 105 cm³/mol. The largest absolute Gasteiger partial charge is 0.497 e. The summed E-state index contributed by atoms with van der Waals surface area (Å²) in [5.41, 5.74) is 3.37. The van der Waals surface area contributed by atoms with E-state index in [1.807, 2.05) is 18.2 Å². The summed E-state index contributed by atoms with van der Waals surface area (Å²) in [5, 5.41) is 7.01. The summed E-state index contributed by atoms with van der Waals surface area (Å²) in [6.45, 7) is 2.13. The molecule has 0 aromatic heterocycles. The summed E-state index contributed by atoms with van der Waals surface area (Å²) >= 11 is 7.23. The van der Waals surface area contributed by atoms with Crippen molar-refractivity contribution in [1.82, 2.24) is 5.01 Å². The Balaban J connectivity index is 1.72. The van der Waals surface area contributed by atoms with Crippen molar-refractivity contribution in [3.05, 3.63) is 56.5 Å².